The predicted molar refractivity (Wildman–Crippen MR) is 118 cm³/mol. The van der Waals surface area contributed by atoms with E-state index in [1.54, 1.807) is 24.3 Å². The van der Waals surface area contributed by atoms with Crippen molar-refractivity contribution in [2.75, 3.05) is 17.1 Å². The molecular weight excluding hydrogens is 422 g/mol. The van der Waals surface area contributed by atoms with E-state index < -0.39 is 22.5 Å². The first kappa shape index (κ1) is 21.7. The van der Waals surface area contributed by atoms with E-state index in [1.807, 2.05) is 36.6 Å². The molecule has 156 valence electrons. The molecule has 0 radical (unpaired) electrons. The highest BCUT2D eigenvalue weighted by atomic mass is 32.2. The number of anilines is 1. The highest BCUT2D eigenvalue weighted by molar-refractivity contribution is 7.98. The third kappa shape index (κ3) is 5.34. The lowest BCUT2D eigenvalue weighted by molar-refractivity contribution is -0.135. The van der Waals surface area contributed by atoms with E-state index in [0.717, 1.165) is 14.8 Å². The Morgan fingerprint density at radius 2 is 1.60 bits per heavy atom. The van der Waals surface area contributed by atoms with Gasteiger partial charge in [0.15, 0.2) is 0 Å². The maximum atomic E-state index is 13.1. The highest BCUT2D eigenvalue weighted by Crippen LogP contribution is 2.27. The molecule has 0 spiro atoms. The summed E-state index contributed by atoms with van der Waals surface area (Å²) in [4.78, 5) is 12.3. The van der Waals surface area contributed by atoms with E-state index in [2.05, 4.69) is 0 Å². The Morgan fingerprint density at radius 3 is 2.17 bits per heavy atom. The summed E-state index contributed by atoms with van der Waals surface area (Å²) in [5.41, 5.74) is 1.25. The molecule has 0 aliphatic heterocycles. The van der Waals surface area contributed by atoms with Crippen LogP contribution in [0, 0.1) is 0 Å². The second-order valence-electron chi connectivity index (χ2n) is 6.35. The van der Waals surface area contributed by atoms with Crippen LogP contribution in [0.1, 0.15) is 5.56 Å². The van der Waals surface area contributed by atoms with Crippen LogP contribution in [-0.2, 0) is 21.4 Å². The topological polar surface area (TPSA) is 83.9 Å². The van der Waals surface area contributed by atoms with Crippen LogP contribution in [0.3, 0.4) is 0 Å². The molecule has 0 fully saturated rings. The number of thioether (sulfide) groups is 1. The highest BCUT2D eigenvalue weighted by Gasteiger charge is 2.27. The number of nitrogens with zero attached hydrogens (tertiary/aromatic N) is 1. The van der Waals surface area contributed by atoms with Crippen LogP contribution in [0.15, 0.2) is 88.7 Å². The van der Waals surface area contributed by atoms with Gasteiger partial charge in [0.2, 0.25) is 0 Å². The average Bonchev–Trinajstić information content (AvgIpc) is 2.77. The van der Waals surface area contributed by atoms with E-state index in [1.165, 1.54) is 36.0 Å². The smallest absolute Gasteiger partial charge is 0.324 e. The molecule has 8 heteroatoms. The number of benzene rings is 3. The van der Waals surface area contributed by atoms with E-state index >= 15 is 0 Å². The fraction of sp³-hybridized carbons (Fsp3) is 0.136. The first-order chi connectivity index (χ1) is 14.4. The van der Waals surface area contributed by atoms with Gasteiger partial charge in [-0.3, -0.25) is 9.10 Å². The first-order valence-corrected chi connectivity index (χ1v) is 11.7. The Hall–Kier alpha value is -2.97. The van der Waals surface area contributed by atoms with Crippen molar-refractivity contribution in [3.05, 3.63) is 84.4 Å². The SMILES string of the molecule is CSc1ccc(S(=O)(=O)N(CC(=O)O)c2ccc(OCc3ccccc3)cc2)cc1. The van der Waals surface area contributed by atoms with Crippen LogP contribution < -0.4 is 9.04 Å². The molecule has 30 heavy (non-hydrogen) atoms. The van der Waals surface area contributed by atoms with Gasteiger partial charge in [-0.25, -0.2) is 8.42 Å². The number of sulfonamides is 1. The monoisotopic (exact) mass is 443 g/mol. The number of carboxylic acids is 1. The van der Waals surface area contributed by atoms with Crippen LogP contribution in [0.2, 0.25) is 0 Å². The Morgan fingerprint density at radius 1 is 0.967 bits per heavy atom. The molecule has 3 aromatic rings. The van der Waals surface area contributed by atoms with Crippen molar-refractivity contribution in [2.45, 2.75) is 16.4 Å². The molecule has 0 aliphatic carbocycles. The normalized spacial score (nSPS) is 11.1. The van der Waals surface area contributed by atoms with E-state index in [0.29, 0.717) is 12.4 Å². The van der Waals surface area contributed by atoms with Crippen molar-refractivity contribution < 1.29 is 23.1 Å². The molecule has 1 N–H and O–H groups in total. The third-order valence-electron chi connectivity index (χ3n) is 4.30. The molecule has 0 aliphatic rings. The first-order valence-electron chi connectivity index (χ1n) is 9.05. The van der Waals surface area contributed by atoms with Crippen molar-refractivity contribution in [1.82, 2.24) is 0 Å². The fourth-order valence-corrected chi connectivity index (χ4v) is 4.58. The summed E-state index contributed by atoms with van der Waals surface area (Å²) in [6, 6.07) is 22.3. The quantitative estimate of drug-likeness (QED) is 0.497. The summed E-state index contributed by atoms with van der Waals surface area (Å²) in [7, 11) is -4.04. The summed E-state index contributed by atoms with van der Waals surface area (Å²) in [6.45, 7) is -0.310. The number of hydrogen-bond acceptors (Lipinski definition) is 5. The van der Waals surface area contributed by atoms with Gasteiger partial charge in [-0.15, -0.1) is 11.8 Å². The molecular formula is C22H21NO5S2. The molecule has 0 saturated carbocycles. The molecule has 3 rings (SSSR count). The molecule has 0 bridgehead atoms. The number of hydrogen-bond donors (Lipinski definition) is 1. The van der Waals surface area contributed by atoms with Crippen molar-refractivity contribution in [1.29, 1.82) is 0 Å². The molecule has 0 atom stereocenters. The zero-order valence-electron chi connectivity index (χ0n) is 16.3. The van der Waals surface area contributed by atoms with Gasteiger partial charge >= 0.3 is 5.97 Å². The summed E-state index contributed by atoms with van der Waals surface area (Å²) < 4.78 is 32.8. The summed E-state index contributed by atoms with van der Waals surface area (Å²) in [5, 5.41) is 9.27. The largest absolute Gasteiger partial charge is 0.489 e. The van der Waals surface area contributed by atoms with Gasteiger partial charge in [-0.1, -0.05) is 30.3 Å². The Balaban J connectivity index is 1.83. The van der Waals surface area contributed by atoms with Crippen LogP contribution in [-0.4, -0.2) is 32.3 Å². The molecule has 0 aromatic heterocycles. The van der Waals surface area contributed by atoms with Crippen LogP contribution in [0.25, 0.3) is 0 Å². The van der Waals surface area contributed by atoms with Crippen LogP contribution in [0.5, 0.6) is 5.75 Å². The number of carboxylic acid groups (broad SMARTS) is 1. The number of aliphatic carboxylic acids is 1. The predicted octanol–water partition coefficient (Wildman–Crippen LogP) is 4.27. The van der Waals surface area contributed by atoms with E-state index in [4.69, 9.17) is 4.74 Å². The van der Waals surface area contributed by atoms with E-state index in [9.17, 15) is 18.3 Å². The molecule has 3 aromatic carbocycles. The average molecular weight is 444 g/mol. The van der Waals surface area contributed by atoms with Crippen LogP contribution in [0.4, 0.5) is 5.69 Å². The number of ether oxygens (including phenoxy) is 1. The minimum Gasteiger partial charge on any atom is -0.489 e. The number of carbonyl (C=O) groups is 1. The number of rotatable bonds is 9. The van der Waals surface area contributed by atoms with Crippen molar-refractivity contribution in [3.8, 4) is 5.75 Å². The minimum absolute atomic E-state index is 0.0333. The zero-order chi connectivity index (χ0) is 21.6. The second kappa shape index (κ2) is 9.69. The Labute approximate surface area is 180 Å². The minimum atomic E-state index is -4.04. The Kier molecular flexibility index (Phi) is 7.02. The standard InChI is InChI=1S/C22H21NO5S2/c1-29-20-11-13-21(14-12-20)30(26,27)23(15-22(24)25)18-7-9-19(10-8-18)28-16-17-5-3-2-4-6-17/h2-14H,15-16H2,1H3,(H,24,25). The summed E-state index contributed by atoms with van der Waals surface area (Å²) in [5.74, 6) is -0.691. The molecule has 0 unspecified atom stereocenters. The van der Waals surface area contributed by atoms with E-state index in [-0.39, 0.29) is 10.6 Å². The zero-order valence-corrected chi connectivity index (χ0v) is 17.9. The van der Waals surface area contributed by atoms with Crippen molar-refractivity contribution in [3.63, 3.8) is 0 Å². The van der Waals surface area contributed by atoms with Crippen LogP contribution >= 0.6 is 11.8 Å². The van der Waals surface area contributed by atoms with Gasteiger partial charge in [-0.05, 0) is 60.4 Å². The molecule has 0 saturated heterocycles. The molecule has 0 heterocycles. The van der Waals surface area contributed by atoms with Crippen molar-refractivity contribution >= 4 is 33.4 Å². The maximum Gasteiger partial charge on any atom is 0.324 e. The lowest BCUT2D eigenvalue weighted by Crippen LogP contribution is -2.35. The van der Waals surface area contributed by atoms with Gasteiger partial charge in [0.1, 0.15) is 18.9 Å². The Bertz CT molecular complexity index is 1080. The summed E-state index contributed by atoms with van der Waals surface area (Å²) in [6.07, 6.45) is 1.89. The molecule has 0 amide bonds. The maximum absolute atomic E-state index is 13.1. The third-order valence-corrected chi connectivity index (χ3v) is 6.83. The van der Waals surface area contributed by atoms with Crippen molar-refractivity contribution in [2.24, 2.45) is 0 Å². The van der Waals surface area contributed by atoms with Gasteiger partial charge < -0.3 is 9.84 Å². The van der Waals surface area contributed by atoms with Gasteiger partial charge in [0, 0.05) is 4.90 Å². The second-order valence-corrected chi connectivity index (χ2v) is 9.09. The molecule has 6 nitrogen and oxygen atoms in total. The fourth-order valence-electron chi connectivity index (χ4n) is 2.76. The summed E-state index contributed by atoms with van der Waals surface area (Å²) >= 11 is 1.49. The van der Waals surface area contributed by atoms with Gasteiger partial charge in [0.25, 0.3) is 10.0 Å². The lowest BCUT2D eigenvalue weighted by atomic mass is 10.2. The lowest BCUT2D eigenvalue weighted by Gasteiger charge is -2.23. The van der Waals surface area contributed by atoms with Gasteiger partial charge in [-0.2, -0.15) is 0 Å². The van der Waals surface area contributed by atoms with Gasteiger partial charge in [0.05, 0.1) is 10.6 Å².